The summed E-state index contributed by atoms with van der Waals surface area (Å²) in [6.45, 7) is 4.91. The van der Waals surface area contributed by atoms with Crippen molar-refractivity contribution in [3.8, 4) is 0 Å². The number of hydrogen-bond donors (Lipinski definition) is 1. The maximum Gasteiger partial charge on any atom is 0.305 e. The van der Waals surface area contributed by atoms with Crippen LogP contribution in [0.15, 0.2) is 24.3 Å². The van der Waals surface area contributed by atoms with Gasteiger partial charge in [-0.2, -0.15) is 0 Å². The molecule has 0 aromatic heterocycles. The van der Waals surface area contributed by atoms with E-state index in [1.54, 1.807) is 4.90 Å². The van der Waals surface area contributed by atoms with Gasteiger partial charge in [0.25, 0.3) is 0 Å². The smallest absolute Gasteiger partial charge is 0.305 e. The number of aliphatic carboxylic acids is 1. The van der Waals surface area contributed by atoms with Gasteiger partial charge in [0.05, 0.1) is 12.8 Å². The van der Waals surface area contributed by atoms with Crippen molar-refractivity contribution in [3.05, 3.63) is 33.4 Å². The number of nitrogens with zero attached hydrogens (tertiary/aromatic N) is 1. The van der Waals surface area contributed by atoms with Crippen LogP contribution in [0.4, 0.5) is 0 Å². The Kier molecular flexibility index (Phi) is 6.98. The minimum absolute atomic E-state index is 0.00914. The van der Waals surface area contributed by atoms with E-state index in [0.717, 1.165) is 9.13 Å². The zero-order valence-electron chi connectivity index (χ0n) is 11.8. The molecule has 0 spiro atoms. The molecule has 1 N–H and O–H groups in total. The Morgan fingerprint density at radius 3 is 2.60 bits per heavy atom. The van der Waals surface area contributed by atoms with Gasteiger partial charge >= 0.3 is 5.97 Å². The van der Waals surface area contributed by atoms with Crippen LogP contribution in [0, 0.1) is 9.49 Å². The number of carboxylic acids is 1. The normalized spacial score (nSPS) is 10.6. The van der Waals surface area contributed by atoms with Crippen molar-refractivity contribution in [3.63, 3.8) is 0 Å². The highest BCUT2D eigenvalue weighted by Crippen LogP contribution is 2.11. The van der Waals surface area contributed by atoms with E-state index in [0.29, 0.717) is 18.9 Å². The number of benzene rings is 1. The van der Waals surface area contributed by atoms with E-state index in [1.165, 1.54) is 0 Å². The standard InChI is InChI=1S/C15H20INO3/c1-11(2)10-17(7-6-15(19)20)14(18)9-12-4-3-5-13(16)8-12/h3-5,8,11H,6-7,9-10H2,1-2H3,(H,19,20). The van der Waals surface area contributed by atoms with Gasteiger partial charge in [-0.25, -0.2) is 0 Å². The summed E-state index contributed by atoms with van der Waals surface area (Å²) in [5, 5.41) is 8.77. The first kappa shape index (κ1) is 16.9. The van der Waals surface area contributed by atoms with E-state index >= 15 is 0 Å². The van der Waals surface area contributed by atoms with E-state index in [4.69, 9.17) is 5.11 Å². The lowest BCUT2D eigenvalue weighted by Crippen LogP contribution is -2.37. The number of halogens is 1. The maximum atomic E-state index is 12.3. The number of amides is 1. The summed E-state index contributed by atoms with van der Waals surface area (Å²) in [4.78, 5) is 24.6. The Bertz CT molecular complexity index is 474. The molecular weight excluding hydrogens is 369 g/mol. The minimum Gasteiger partial charge on any atom is -0.481 e. The molecule has 0 aliphatic heterocycles. The van der Waals surface area contributed by atoms with Crippen molar-refractivity contribution >= 4 is 34.5 Å². The Labute approximate surface area is 133 Å². The third-order valence-corrected chi connectivity index (χ3v) is 3.45. The largest absolute Gasteiger partial charge is 0.481 e. The molecule has 0 saturated carbocycles. The number of carboxylic acid groups (broad SMARTS) is 1. The lowest BCUT2D eigenvalue weighted by molar-refractivity contribution is -0.138. The average molecular weight is 389 g/mol. The lowest BCUT2D eigenvalue weighted by atomic mass is 10.1. The second-order valence-corrected chi connectivity index (χ2v) is 6.43. The molecule has 20 heavy (non-hydrogen) atoms. The van der Waals surface area contributed by atoms with Crippen molar-refractivity contribution in [1.82, 2.24) is 4.90 Å². The van der Waals surface area contributed by atoms with Gasteiger partial charge in [0.1, 0.15) is 0 Å². The average Bonchev–Trinajstić information content (AvgIpc) is 2.33. The van der Waals surface area contributed by atoms with Crippen LogP contribution in [0.5, 0.6) is 0 Å². The zero-order chi connectivity index (χ0) is 15.1. The summed E-state index contributed by atoms with van der Waals surface area (Å²) in [6.07, 6.45) is 0.313. The molecule has 1 aromatic carbocycles. The summed E-state index contributed by atoms with van der Waals surface area (Å²) in [7, 11) is 0. The summed E-state index contributed by atoms with van der Waals surface area (Å²) in [6, 6.07) is 7.80. The molecule has 4 nitrogen and oxygen atoms in total. The van der Waals surface area contributed by atoms with E-state index in [2.05, 4.69) is 22.6 Å². The second kappa shape index (κ2) is 8.24. The Hall–Kier alpha value is -1.11. The van der Waals surface area contributed by atoms with Gasteiger partial charge in [0, 0.05) is 16.7 Å². The summed E-state index contributed by atoms with van der Waals surface area (Å²) < 4.78 is 1.09. The predicted octanol–water partition coefficient (Wildman–Crippen LogP) is 2.79. The molecule has 0 unspecified atom stereocenters. The van der Waals surface area contributed by atoms with Crippen LogP contribution in [0.3, 0.4) is 0 Å². The Morgan fingerprint density at radius 2 is 2.05 bits per heavy atom. The van der Waals surface area contributed by atoms with Gasteiger partial charge in [0.15, 0.2) is 0 Å². The lowest BCUT2D eigenvalue weighted by Gasteiger charge is -2.24. The third kappa shape index (κ3) is 6.36. The molecule has 0 saturated heterocycles. The molecular formula is C15H20INO3. The number of hydrogen-bond acceptors (Lipinski definition) is 2. The fraction of sp³-hybridized carbons (Fsp3) is 0.467. The first-order valence-corrected chi connectivity index (χ1v) is 7.70. The van der Waals surface area contributed by atoms with Gasteiger partial charge in [-0.1, -0.05) is 26.0 Å². The maximum absolute atomic E-state index is 12.3. The van der Waals surface area contributed by atoms with Crippen LogP contribution >= 0.6 is 22.6 Å². The van der Waals surface area contributed by atoms with Crippen LogP contribution < -0.4 is 0 Å². The van der Waals surface area contributed by atoms with Gasteiger partial charge < -0.3 is 10.0 Å². The van der Waals surface area contributed by atoms with Gasteiger partial charge in [-0.3, -0.25) is 9.59 Å². The van der Waals surface area contributed by atoms with Gasteiger partial charge in [-0.15, -0.1) is 0 Å². The molecule has 1 amide bonds. The van der Waals surface area contributed by atoms with Crippen LogP contribution in [0.1, 0.15) is 25.8 Å². The van der Waals surface area contributed by atoms with Crippen molar-refractivity contribution in [2.45, 2.75) is 26.7 Å². The molecule has 1 rings (SSSR count). The number of carbonyl (C=O) groups excluding carboxylic acids is 1. The fourth-order valence-electron chi connectivity index (χ4n) is 1.92. The second-order valence-electron chi connectivity index (χ2n) is 5.18. The van der Waals surface area contributed by atoms with E-state index < -0.39 is 5.97 Å². The van der Waals surface area contributed by atoms with Crippen LogP contribution in [-0.2, 0) is 16.0 Å². The SMILES string of the molecule is CC(C)CN(CCC(=O)O)C(=O)Cc1cccc(I)c1. The highest BCUT2D eigenvalue weighted by molar-refractivity contribution is 14.1. The fourth-order valence-corrected chi connectivity index (χ4v) is 2.53. The van der Waals surface area contributed by atoms with E-state index in [1.807, 2.05) is 38.1 Å². The quantitative estimate of drug-likeness (QED) is 0.730. The van der Waals surface area contributed by atoms with Crippen molar-refractivity contribution in [1.29, 1.82) is 0 Å². The highest BCUT2D eigenvalue weighted by atomic mass is 127. The van der Waals surface area contributed by atoms with Crippen LogP contribution in [0.25, 0.3) is 0 Å². The molecule has 0 aliphatic rings. The number of rotatable bonds is 7. The number of carbonyl (C=O) groups is 2. The van der Waals surface area contributed by atoms with Gasteiger partial charge in [-0.05, 0) is 46.2 Å². The first-order chi connectivity index (χ1) is 9.38. The van der Waals surface area contributed by atoms with E-state index in [-0.39, 0.29) is 18.9 Å². The molecule has 1 aromatic rings. The molecule has 0 fully saturated rings. The molecule has 0 bridgehead atoms. The van der Waals surface area contributed by atoms with E-state index in [9.17, 15) is 9.59 Å². The highest BCUT2D eigenvalue weighted by Gasteiger charge is 2.16. The molecule has 0 atom stereocenters. The Morgan fingerprint density at radius 1 is 1.35 bits per heavy atom. The molecule has 0 radical (unpaired) electrons. The summed E-state index contributed by atoms with van der Waals surface area (Å²) >= 11 is 2.21. The summed E-state index contributed by atoms with van der Waals surface area (Å²) in [5.74, 6) is -0.563. The van der Waals surface area contributed by atoms with Gasteiger partial charge in [0.2, 0.25) is 5.91 Å². The first-order valence-electron chi connectivity index (χ1n) is 6.62. The minimum atomic E-state index is -0.874. The van der Waals surface area contributed by atoms with Crippen LogP contribution in [0.2, 0.25) is 0 Å². The zero-order valence-corrected chi connectivity index (χ0v) is 14.0. The predicted molar refractivity (Wildman–Crippen MR) is 86.5 cm³/mol. The Balaban J connectivity index is 2.69. The molecule has 110 valence electrons. The molecule has 5 heteroatoms. The van der Waals surface area contributed by atoms with Crippen molar-refractivity contribution in [2.24, 2.45) is 5.92 Å². The molecule has 0 aliphatic carbocycles. The van der Waals surface area contributed by atoms with Crippen LogP contribution in [-0.4, -0.2) is 35.0 Å². The topological polar surface area (TPSA) is 57.6 Å². The van der Waals surface area contributed by atoms with Crippen molar-refractivity contribution in [2.75, 3.05) is 13.1 Å². The molecule has 0 heterocycles. The third-order valence-electron chi connectivity index (χ3n) is 2.78. The van der Waals surface area contributed by atoms with Crippen molar-refractivity contribution < 1.29 is 14.7 Å². The monoisotopic (exact) mass is 389 g/mol. The summed E-state index contributed by atoms with van der Waals surface area (Å²) in [5.41, 5.74) is 0.964.